The van der Waals surface area contributed by atoms with E-state index in [4.69, 9.17) is 0 Å². The molecule has 2 aromatic carbocycles. The number of carbonyl (C=O) groups excluding carboxylic acids is 2. The lowest BCUT2D eigenvalue weighted by Gasteiger charge is -2.13. The van der Waals surface area contributed by atoms with Crippen LogP contribution >= 0.6 is 0 Å². The number of hydrogen-bond acceptors (Lipinski definition) is 4. The minimum Gasteiger partial charge on any atom is -0.462 e. The van der Waals surface area contributed by atoms with Crippen molar-refractivity contribution in [3.8, 4) is 5.69 Å². The highest BCUT2D eigenvalue weighted by molar-refractivity contribution is 6.04. The third-order valence-electron chi connectivity index (χ3n) is 4.11. The predicted octanol–water partition coefficient (Wildman–Crippen LogP) is 4.60. The molecule has 0 aliphatic heterocycles. The van der Waals surface area contributed by atoms with Gasteiger partial charge in [0.15, 0.2) is 17.3 Å². The van der Waals surface area contributed by atoms with E-state index in [0.717, 1.165) is 30.5 Å². The zero-order chi connectivity index (χ0) is 22.8. The van der Waals surface area contributed by atoms with E-state index in [1.807, 2.05) is 0 Å². The molecule has 0 saturated heterocycles. The average Bonchev–Trinajstić information content (AvgIpc) is 3.18. The first-order valence-electron chi connectivity index (χ1n) is 8.81. The molecule has 0 spiro atoms. The van der Waals surface area contributed by atoms with Crippen LogP contribution in [0.3, 0.4) is 0 Å². The maximum absolute atomic E-state index is 13.7. The van der Waals surface area contributed by atoms with Crippen LogP contribution in [0.25, 0.3) is 5.69 Å². The first-order valence-corrected chi connectivity index (χ1v) is 8.81. The first-order chi connectivity index (χ1) is 14.6. The fourth-order valence-corrected chi connectivity index (χ4v) is 2.72. The van der Waals surface area contributed by atoms with Crippen LogP contribution in [0.5, 0.6) is 0 Å². The van der Waals surface area contributed by atoms with Gasteiger partial charge < -0.3 is 10.1 Å². The highest BCUT2D eigenvalue weighted by Crippen LogP contribution is 2.34. The number of hydrogen-bond donors (Lipinski definition) is 1. The Morgan fingerprint density at radius 2 is 1.77 bits per heavy atom. The van der Waals surface area contributed by atoms with Gasteiger partial charge in [0.2, 0.25) is 0 Å². The summed E-state index contributed by atoms with van der Waals surface area (Å²) in [4.78, 5) is 24.1. The molecule has 0 bridgehead atoms. The SMILES string of the molecule is CCOC(=O)c1cnn(-c2ccc(C(=O)Nc3cccc(F)c3F)cc2)c1C(F)(F)F. The predicted molar refractivity (Wildman–Crippen MR) is 98.8 cm³/mol. The number of rotatable bonds is 5. The highest BCUT2D eigenvalue weighted by atomic mass is 19.4. The third kappa shape index (κ3) is 4.55. The van der Waals surface area contributed by atoms with E-state index in [1.54, 1.807) is 0 Å². The van der Waals surface area contributed by atoms with Crippen molar-refractivity contribution < 1.29 is 36.3 Å². The summed E-state index contributed by atoms with van der Waals surface area (Å²) in [7, 11) is 0. The zero-order valence-electron chi connectivity index (χ0n) is 15.8. The van der Waals surface area contributed by atoms with E-state index in [2.05, 4.69) is 15.2 Å². The summed E-state index contributed by atoms with van der Waals surface area (Å²) < 4.78 is 72.7. The van der Waals surface area contributed by atoms with Crippen molar-refractivity contribution in [1.29, 1.82) is 0 Å². The van der Waals surface area contributed by atoms with Crippen LogP contribution in [0.4, 0.5) is 27.6 Å². The molecular weight excluding hydrogens is 425 g/mol. The molecule has 3 aromatic rings. The number of ether oxygens (including phenoxy) is 1. The molecule has 6 nitrogen and oxygen atoms in total. The van der Waals surface area contributed by atoms with Crippen LogP contribution in [-0.2, 0) is 10.9 Å². The third-order valence-corrected chi connectivity index (χ3v) is 4.11. The molecule has 0 aliphatic carbocycles. The number of nitrogens with one attached hydrogen (secondary N) is 1. The van der Waals surface area contributed by atoms with Crippen molar-refractivity contribution in [2.45, 2.75) is 13.1 Å². The summed E-state index contributed by atoms with van der Waals surface area (Å²) in [5, 5.41) is 5.80. The van der Waals surface area contributed by atoms with E-state index in [0.29, 0.717) is 4.68 Å². The zero-order valence-corrected chi connectivity index (χ0v) is 15.8. The fraction of sp³-hybridized carbons (Fsp3) is 0.150. The van der Waals surface area contributed by atoms with Gasteiger partial charge in [-0.25, -0.2) is 18.3 Å². The Morgan fingerprint density at radius 3 is 2.39 bits per heavy atom. The van der Waals surface area contributed by atoms with Crippen molar-refractivity contribution >= 4 is 17.6 Å². The molecule has 0 saturated carbocycles. The molecule has 0 aliphatic rings. The summed E-state index contributed by atoms with van der Waals surface area (Å²) in [5.74, 6) is -4.37. The first kappa shape index (κ1) is 21.9. The van der Waals surface area contributed by atoms with E-state index in [-0.39, 0.29) is 23.5 Å². The van der Waals surface area contributed by atoms with Gasteiger partial charge in [0.1, 0.15) is 5.56 Å². The number of amides is 1. The van der Waals surface area contributed by atoms with Crippen molar-refractivity contribution in [2.24, 2.45) is 0 Å². The van der Waals surface area contributed by atoms with Crippen LogP contribution < -0.4 is 5.32 Å². The minimum absolute atomic E-state index is 0.0289. The van der Waals surface area contributed by atoms with E-state index in [1.165, 1.54) is 25.1 Å². The van der Waals surface area contributed by atoms with E-state index < -0.39 is 40.9 Å². The van der Waals surface area contributed by atoms with Gasteiger partial charge in [-0.1, -0.05) is 6.07 Å². The van der Waals surface area contributed by atoms with Crippen molar-refractivity contribution in [3.05, 3.63) is 77.1 Å². The molecule has 11 heteroatoms. The number of esters is 1. The van der Waals surface area contributed by atoms with Gasteiger partial charge in [-0.3, -0.25) is 4.79 Å². The monoisotopic (exact) mass is 439 g/mol. The Labute approximate surface area is 172 Å². The van der Waals surface area contributed by atoms with Gasteiger partial charge in [-0.05, 0) is 43.3 Å². The number of carbonyl (C=O) groups is 2. The summed E-state index contributed by atoms with van der Waals surface area (Å²) in [6.07, 6.45) is -4.17. The number of nitrogens with zero attached hydrogens (tertiary/aromatic N) is 2. The van der Waals surface area contributed by atoms with Gasteiger partial charge in [0.05, 0.1) is 24.2 Å². The van der Waals surface area contributed by atoms with Crippen molar-refractivity contribution in [3.63, 3.8) is 0 Å². The van der Waals surface area contributed by atoms with Crippen LogP contribution in [0.1, 0.15) is 33.3 Å². The van der Waals surface area contributed by atoms with Crippen LogP contribution in [0, 0.1) is 11.6 Å². The summed E-state index contributed by atoms with van der Waals surface area (Å²) >= 11 is 0. The van der Waals surface area contributed by atoms with E-state index >= 15 is 0 Å². The van der Waals surface area contributed by atoms with Crippen LogP contribution in [0.2, 0.25) is 0 Å². The number of alkyl halides is 3. The van der Waals surface area contributed by atoms with E-state index in [9.17, 15) is 31.5 Å². The van der Waals surface area contributed by atoms with Gasteiger partial charge in [-0.2, -0.15) is 18.3 Å². The Bertz CT molecular complexity index is 1120. The average molecular weight is 439 g/mol. The lowest BCUT2D eigenvalue weighted by Crippen LogP contribution is -2.18. The maximum Gasteiger partial charge on any atom is 0.434 e. The fourth-order valence-electron chi connectivity index (χ4n) is 2.72. The summed E-state index contributed by atoms with van der Waals surface area (Å²) in [5.41, 5.74) is -2.59. The number of anilines is 1. The Morgan fingerprint density at radius 1 is 1.10 bits per heavy atom. The molecule has 3 rings (SSSR count). The standard InChI is InChI=1S/C20H14F5N3O3/c1-2-31-19(30)13-10-26-28(17(13)20(23,24)25)12-8-6-11(7-9-12)18(29)27-15-5-3-4-14(21)16(15)22/h3-10H,2H2,1H3,(H,27,29). The molecule has 0 atom stereocenters. The summed E-state index contributed by atoms with van der Waals surface area (Å²) in [6, 6.07) is 7.91. The smallest absolute Gasteiger partial charge is 0.434 e. The van der Waals surface area contributed by atoms with Crippen LogP contribution in [0.15, 0.2) is 48.7 Å². The number of aromatic nitrogens is 2. The molecule has 1 amide bonds. The molecule has 162 valence electrons. The van der Waals surface area contributed by atoms with Crippen molar-refractivity contribution in [2.75, 3.05) is 11.9 Å². The largest absolute Gasteiger partial charge is 0.462 e. The van der Waals surface area contributed by atoms with Crippen molar-refractivity contribution in [1.82, 2.24) is 9.78 Å². The Balaban J connectivity index is 1.90. The van der Waals surface area contributed by atoms with Crippen LogP contribution in [-0.4, -0.2) is 28.3 Å². The maximum atomic E-state index is 13.7. The second-order valence-corrected chi connectivity index (χ2v) is 6.14. The molecule has 1 heterocycles. The molecular formula is C20H14F5N3O3. The Kier molecular flexibility index (Phi) is 6.04. The lowest BCUT2D eigenvalue weighted by molar-refractivity contribution is -0.143. The van der Waals surface area contributed by atoms with Gasteiger partial charge in [0, 0.05) is 5.56 Å². The molecule has 0 fully saturated rings. The molecule has 0 radical (unpaired) electrons. The normalized spacial score (nSPS) is 11.3. The molecule has 1 N–H and O–H groups in total. The Hall–Kier alpha value is -3.76. The molecule has 1 aromatic heterocycles. The van der Waals surface area contributed by atoms with Gasteiger partial charge in [-0.15, -0.1) is 0 Å². The molecule has 0 unspecified atom stereocenters. The topological polar surface area (TPSA) is 73.2 Å². The second kappa shape index (κ2) is 8.54. The number of halogens is 5. The molecule has 31 heavy (non-hydrogen) atoms. The quantitative estimate of drug-likeness (QED) is 0.466. The lowest BCUT2D eigenvalue weighted by atomic mass is 10.1. The minimum atomic E-state index is -4.91. The summed E-state index contributed by atoms with van der Waals surface area (Å²) in [6.45, 7) is 1.34. The number of benzene rings is 2. The second-order valence-electron chi connectivity index (χ2n) is 6.14. The van der Waals surface area contributed by atoms with Gasteiger partial charge in [0.25, 0.3) is 5.91 Å². The van der Waals surface area contributed by atoms with Gasteiger partial charge >= 0.3 is 12.1 Å². The highest BCUT2D eigenvalue weighted by Gasteiger charge is 2.41.